The van der Waals surface area contributed by atoms with Gasteiger partial charge in [0.25, 0.3) is 0 Å². The SMILES string of the molecule is Cc1c(O)ccc2c(CN(C)CCCc3cc(-c4ccc(F)cc4)n[nH]3)cc(=O)oc12. The van der Waals surface area contributed by atoms with Crippen LogP contribution in [0.5, 0.6) is 5.75 Å². The van der Waals surface area contributed by atoms with E-state index in [1.165, 1.54) is 18.2 Å². The molecule has 2 N–H and O–H groups in total. The van der Waals surface area contributed by atoms with Gasteiger partial charge in [0, 0.05) is 34.8 Å². The minimum absolute atomic E-state index is 0.112. The number of H-pyrrole nitrogens is 1. The van der Waals surface area contributed by atoms with Gasteiger partial charge in [-0.1, -0.05) is 0 Å². The Kier molecular flexibility index (Phi) is 5.86. The van der Waals surface area contributed by atoms with Gasteiger partial charge in [0.2, 0.25) is 0 Å². The third-order valence-electron chi connectivity index (χ3n) is 5.42. The number of aromatic nitrogens is 2. The molecule has 2 heterocycles. The molecule has 7 heteroatoms. The molecule has 6 nitrogen and oxygen atoms in total. The molecule has 31 heavy (non-hydrogen) atoms. The number of phenolic OH excluding ortho intramolecular Hbond substituents is 1. The van der Waals surface area contributed by atoms with Crippen LogP contribution >= 0.6 is 0 Å². The van der Waals surface area contributed by atoms with Crippen molar-refractivity contribution in [2.45, 2.75) is 26.3 Å². The highest BCUT2D eigenvalue weighted by Crippen LogP contribution is 2.28. The third-order valence-corrected chi connectivity index (χ3v) is 5.42. The Morgan fingerprint density at radius 2 is 1.94 bits per heavy atom. The molecule has 0 radical (unpaired) electrons. The predicted molar refractivity (Wildman–Crippen MR) is 118 cm³/mol. The Morgan fingerprint density at radius 1 is 1.16 bits per heavy atom. The normalized spacial score (nSPS) is 11.5. The van der Waals surface area contributed by atoms with Crippen molar-refractivity contribution in [1.29, 1.82) is 0 Å². The molecule has 0 bridgehead atoms. The molecule has 4 rings (SSSR count). The number of phenols is 1. The summed E-state index contributed by atoms with van der Waals surface area (Å²) in [5.41, 5.74) is 4.13. The van der Waals surface area contributed by atoms with Gasteiger partial charge in [-0.05, 0) is 81.4 Å². The molecule has 0 amide bonds. The summed E-state index contributed by atoms with van der Waals surface area (Å²) in [5.74, 6) is -0.154. The zero-order chi connectivity index (χ0) is 22.0. The van der Waals surface area contributed by atoms with E-state index in [0.29, 0.717) is 17.7 Å². The molecule has 160 valence electrons. The highest BCUT2D eigenvalue weighted by Gasteiger charge is 2.12. The minimum atomic E-state index is -0.421. The fourth-order valence-electron chi connectivity index (χ4n) is 3.71. The van der Waals surface area contributed by atoms with Gasteiger partial charge in [-0.2, -0.15) is 5.10 Å². The summed E-state index contributed by atoms with van der Waals surface area (Å²) >= 11 is 0. The van der Waals surface area contributed by atoms with Gasteiger partial charge < -0.3 is 14.4 Å². The Bertz CT molecular complexity index is 1260. The molecule has 0 fully saturated rings. The van der Waals surface area contributed by atoms with E-state index in [0.717, 1.165) is 47.3 Å². The van der Waals surface area contributed by atoms with Crippen LogP contribution in [0.4, 0.5) is 4.39 Å². The Balaban J connectivity index is 1.38. The lowest BCUT2D eigenvalue weighted by Crippen LogP contribution is -2.20. The maximum absolute atomic E-state index is 13.1. The number of fused-ring (bicyclic) bond motifs is 1. The first-order valence-electron chi connectivity index (χ1n) is 10.1. The number of halogens is 1. The monoisotopic (exact) mass is 421 g/mol. The fourth-order valence-corrected chi connectivity index (χ4v) is 3.71. The van der Waals surface area contributed by atoms with Crippen LogP contribution in [0.25, 0.3) is 22.2 Å². The quantitative estimate of drug-likeness (QED) is 0.432. The standard InChI is InChI=1S/C24H24FN3O3/c1-15-22(29)10-9-20-17(12-23(30)31-24(15)20)14-28(2)11-3-4-19-13-21(27-26-19)16-5-7-18(25)8-6-16/h5-10,12-13,29H,3-4,11,14H2,1-2H3,(H,26,27). The third kappa shape index (κ3) is 4.67. The van der Waals surface area contributed by atoms with E-state index in [1.54, 1.807) is 31.2 Å². The van der Waals surface area contributed by atoms with Crippen LogP contribution in [-0.4, -0.2) is 33.8 Å². The van der Waals surface area contributed by atoms with Gasteiger partial charge in [-0.3, -0.25) is 5.10 Å². The van der Waals surface area contributed by atoms with E-state index in [-0.39, 0.29) is 11.6 Å². The molecular formula is C24H24FN3O3. The van der Waals surface area contributed by atoms with Crippen LogP contribution in [0.15, 0.2) is 57.7 Å². The average molecular weight is 421 g/mol. The van der Waals surface area contributed by atoms with E-state index >= 15 is 0 Å². The molecule has 2 aromatic heterocycles. The first kappa shape index (κ1) is 20.8. The maximum atomic E-state index is 13.1. The number of rotatable bonds is 7. The number of nitrogens with one attached hydrogen (secondary N) is 1. The zero-order valence-electron chi connectivity index (χ0n) is 17.5. The van der Waals surface area contributed by atoms with Gasteiger partial charge in [-0.25, -0.2) is 9.18 Å². The first-order chi connectivity index (χ1) is 14.9. The van der Waals surface area contributed by atoms with Crippen LogP contribution in [0.3, 0.4) is 0 Å². The summed E-state index contributed by atoms with van der Waals surface area (Å²) in [6, 6.07) is 13.2. The number of hydrogen-bond acceptors (Lipinski definition) is 5. The molecule has 0 atom stereocenters. The highest BCUT2D eigenvalue weighted by molar-refractivity contribution is 5.84. The van der Waals surface area contributed by atoms with Crippen molar-refractivity contribution in [3.05, 3.63) is 81.6 Å². The van der Waals surface area contributed by atoms with E-state index in [1.807, 2.05) is 13.1 Å². The van der Waals surface area contributed by atoms with Gasteiger partial charge in [-0.15, -0.1) is 0 Å². The molecule has 0 spiro atoms. The second-order valence-corrected chi connectivity index (χ2v) is 7.80. The number of benzene rings is 2. The molecule has 0 saturated heterocycles. The summed E-state index contributed by atoms with van der Waals surface area (Å²) in [6.07, 6.45) is 1.73. The Labute approximate surface area is 179 Å². The van der Waals surface area contributed by atoms with E-state index < -0.39 is 5.63 Å². The molecule has 2 aromatic carbocycles. The van der Waals surface area contributed by atoms with Crippen molar-refractivity contribution >= 4 is 11.0 Å². The van der Waals surface area contributed by atoms with Crippen molar-refractivity contribution in [1.82, 2.24) is 15.1 Å². The maximum Gasteiger partial charge on any atom is 0.336 e. The number of hydrogen-bond donors (Lipinski definition) is 2. The summed E-state index contributed by atoms with van der Waals surface area (Å²) in [4.78, 5) is 14.1. The fraction of sp³-hybridized carbons (Fsp3) is 0.250. The van der Waals surface area contributed by atoms with Crippen LogP contribution in [-0.2, 0) is 13.0 Å². The van der Waals surface area contributed by atoms with Gasteiger partial charge >= 0.3 is 5.63 Å². The molecule has 4 aromatic rings. The van der Waals surface area contributed by atoms with Crippen molar-refractivity contribution in [3.63, 3.8) is 0 Å². The van der Waals surface area contributed by atoms with Crippen LogP contribution in [0, 0.1) is 12.7 Å². The summed E-state index contributed by atoms with van der Waals surface area (Å²) < 4.78 is 18.4. The lowest BCUT2D eigenvalue weighted by molar-refractivity contribution is 0.322. The molecule has 0 saturated carbocycles. The van der Waals surface area contributed by atoms with Crippen LogP contribution < -0.4 is 5.63 Å². The number of aromatic hydroxyl groups is 1. The van der Waals surface area contributed by atoms with Crippen LogP contribution in [0.1, 0.15) is 23.2 Å². The first-order valence-corrected chi connectivity index (χ1v) is 10.1. The van der Waals surface area contributed by atoms with Crippen molar-refractivity contribution in [2.24, 2.45) is 0 Å². The number of aryl methyl sites for hydroxylation is 2. The Morgan fingerprint density at radius 3 is 2.71 bits per heavy atom. The summed E-state index contributed by atoms with van der Waals surface area (Å²) in [5, 5.41) is 18.1. The molecule has 0 aliphatic rings. The van der Waals surface area contributed by atoms with Crippen molar-refractivity contribution < 1.29 is 13.9 Å². The summed E-state index contributed by atoms with van der Waals surface area (Å²) in [7, 11) is 2.00. The lowest BCUT2D eigenvalue weighted by atomic mass is 10.1. The lowest BCUT2D eigenvalue weighted by Gasteiger charge is -2.17. The number of aromatic amines is 1. The average Bonchev–Trinajstić information content (AvgIpc) is 3.20. The second-order valence-electron chi connectivity index (χ2n) is 7.80. The molecule has 0 aliphatic carbocycles. The molecular weight excluding hydrogens is 397 g/mol. The van der Waals surface area contributed by atoms with E-state index in [2.05, 4.69) is 15.1 Å². The van der Waals surface area contributed by atoms with Gasteiger partial charge in [0.15, 0.2) is 0 Å². The van der Waals surface area contributed by atoms with E-state index in [4.69, 9.17) is 4.42 Å². The highest BCUT2D eigenvalue weighted by atomic mass is 19.1. The zero-order valence-corrected chi connectivity index (χ0v) is 17.5. The minimum Gasteiger partial charge on any atom is -0.508 e. The van der Waals surface area contributed by atoms with Gasteiger partial charge in [0.1, 0.15) is 17.1 Å². The van der Waals surface area contributed by atoms with E-state index in [9.17, 15) is 14.3 Å². The number of nitrogens with zero attached hydrogens (tertiary/aromatic N) is 2. The second kappa shape index (κ2) is 8.73. The van der Waals surface area contributed by atoms with Crippen molar-refractivity contribution in [2.75, 3.05) is 13.6 Å². The Hall–Kier alpha value is -3.45. The van der Waals surface area contributed by atoms with Crippen molar-refractivity contribution in [3.8, 4) is 17.0 Å². The topological polar surface area (TPSA) is 82.4 Å². The van der Waals surface area contributed by atoms with Gasteiger partial charge in [0.05, 0.1) is 5.69 Å². The largest absolute Gasteiger partial charge is 0.508 e. The predicted octanol–water partition coefficient (Wildman–Crippen LogP) is 4.40. The summed E-state index contributed by atoms with van der Waals surface area (Å²) in [6.45, 7) is 3.15. The van der Waals surface area contributed by atoms with Crippen LogP contribution in [0.2, 0.25) is 0 Å². The smallest absolute Gasteiger partial charge is 0.336 e. The molecule has 0 aliphatic heterocycles. The molecule has 0 unspecified atom stereocenters.